The molecule has 0 bridgehead atoms. The Morgan fingerprint density at radius 2 is 1.74 bits per heavy atom. The minimum absolute atomic E-state index is 0.0736. The fraction of sp³-hybridized carbons (Fsp3) is 0.208. The maximum absolute atomic E-state index is 14.4. The number of rotatable bonds is 4. The van der Waals surface area contributed by atoms with Crippen molar-refractivity contribution in [2.75, 3.05) is 11.4 Å². The Morgan fingerprint density at radius 3 is 2.43 bits per heavy atom. The molecule has 3 heterocycles. The predicted octanol–water partition coefficient (Wildman–Crippen LogP) is 4.62. The molecule has 1 aliphatic heterocycles. The van der Waals surface area contributed by atoms with Crippen molar-refractivity contribution < 1.29 is 22.4 Å². The Balaban J connectivity index is 1.44. The first-order chi connectivity index (χ1) is 16.8. The molecule has 35 heavy (non-hydrogen) atoms. The first-order valence-electron chi connectivity index (χ1n) is 10.7. The fourth-order valence-electron chi connectivity index (χ4n) is 4.17. The van der Waals surface area contributed by atoms with Gasteiger partial charge in [-0.3, -0.25) is 4.79 Å². The lowest BCUT2D eigenvalue weighted by Crippen LogP contribution is -2.42. The minimum Gasteiger partial charge on any atom is -0.301 e. The van der Waals surface area contributed by atoms with Crippen LogP contribution < -0.4 is 4.90 Å². The molecular formula is C24H18F4N6O. The molecule has 0 saturated carbocycles. The van der Waals surface area contributed by atoms with E-state index in [1.807, 2.05) is 24.3 Å². The number of halogens is 4. The van der Waals surface area contributed by atoms with Crippen LogP contribution in [0.2, 0.25) is 0 Å². The molecule has 2 aromatic carbocycles. The van der Waals surface area contributed by atoms with Crippen molar-refractivity contribution in [1.82, 2.24) is 25.0 Å². The van der Waals surface area contributed by atoms with Crippen molar-refractivity contribution in [3.8, 4) is 22.5 Å². The molecule has 0 saturated heterocycles. The average molecular weight is 482 g/mol. The van der Waals surface area contributed by atoms with E-state index in [0.29, 0.717) is 16.2 Å². The van der Waals surface area contributed by atoms with Crippen LogP contribution in [0.4, 0.5) is 23.2 Å². The Kier molecular flexibility index (Phi) is 5.75. The highest BCUT2D eigenvalue weighted by atomic mass is 19.4. The number of carbonyl (C=O) groups excluding carboxylic acids is 1. The summed E-state index contributed by atoms with van der Waals surface area (Å²) in [7, 11) is 0. The molecule has 178 valence electrons. The first-order valence-corrected chi connectivity index (χ1v) is 10.7. The summed E-state index contributed by atoms with van der Waals surface area (Å²) in [5.41, 5.74) is 2.77. The summed E-state index contributed by atoms with van der Waals surface area (Å²) in [6.07, 6.45) is 0.0995. The monoisotopic (exact) mass is 482 g/mol. The molecule has 0 aliphatic carbocycles. The number of alkyl halides is 3. The molecule has 7 nitrogen and oxygen atoms in total. The van der Waals surface area contributed by atoms with Crippen molar-refractivity contribution in [3.63, 3.8) is 0 Å². The average Bonchev–Trinajstić information content (AvgIpc) is 3.28. The minimum atomic E-state index is -4.66. The van der Waals surface area contributed by atoms with Crippen LogP contribution >= 0.6 is 0 Å². The summed E-state index contributed by atoms with van der Waals surface area (Å²) in [4.78, 5) is 21.9. The summed E-state index contributed by atoms with van der Waals surface area (Å²) in [5.74, 6) is -1.46. The van der Waals surface area contributed by atoms with Crippen molar-refractivity contribution in [1.29, 1.82) is 0 Å². The quantitative estimate of drug-likeness (QED) is 0.397. The van der Waals surface area contributed by atoms with Crippen LogP contribution in [0.25, 0.3) is 22.5 Å². The number of aromatic nitrogens is 5. The van der Waals surface area contributed by atoms with E-state index in [9.17, 15) is 22.4 Å². The van der Waals surface area contributed by atoms with Gasteiger partial charge in [0, 0.05) is 22.9 Å². The molecule has 1 amide bonds. The standard InChI is InChI=1S/C24H18F4N6O/c25-18-2-1-3-21-17(18)8-9-22(23(35)33(21)13-24(26,27)28)34-12-20(31-32-34)16-6-4-15(5-7-16)19-10-11-29-14-30-19/h1-7,10-12,14,22H,8-9,13H2. The highest BCUT2D eigenvalue weighted by Crippen LogP contribution is 2.35. The zero-order chi connectivity index (χ0) is 24.6. The highest BCUT2D eigenvalue weighted by Gasteiger charge is 2.40. The lowest BCUT2D eigenvalue weighted by molar-refractivity contribution is -0.134. The largest absolute Gasteiger partial charge is 0.406 e. The number of fused-ring (bicyclic) bond motifs is 1. The van der Waals surface area contributed by atoms with Crippen LogP contribution in [0, 0.1) is 5.82 Å². The Bertz CT molecular complexity index is 1350. The summed E-state index contributed by atoms with van der Waals surface area (Å²) in [6.45, 7) is -1.52. The number of nitrogens with zero attached hydrogens (tertiary/aromatic N) is 6. The van der Waals surface area contributed by atoms with Crippen molar-refractivity contribution in [2.24, 2.45) is 0 Å². The zero-order valence-electron chi connectivity index (χ0n) is 18.2. The molecular weight excluding hydrogens is 464 g/mol. The lowest BCUT2D eigenvalue weighted by Gasteiger charge is -2.26. The molecule has 2 aromatic heterocycles. The van der Waals surface area contributed by atoms with Gasteiger partial charge in [0.15, 0.2) is 0 Å². The van der Waals surface area contributed by atoms with Gasteiger partial charge in [0.1, 0.15) is 30.4 Å². The summed E-state index contributed by atoms with van der Waals surface area (Å²) in [6, 6.07) is 11.8. The van der Waals surface area contributed by atoms with Gasteiger partial charge in [0.05, 0.1) is 17.6 Å². The molecule has 1 aliphatic rings. The number of amides is 1. The van der Waals surface area contributed by atoms with E-state index in [2.05, 4.69) is 20.3 Å². The van der Waals surface area contributed by atoms with E-state index in [-0.39, 0.29) is 24.1 Å². The number of hydrogen-bond acceptors (Lipinski definition) is 5. The van der Waals surface area contributed by atoms with Crippen LogP contribution in [0.1, 0.15) is 18.0 Å². The Hall–Kier alpha value is -4.15. The normalized spacial score (nSPS) is 16.2. The van der Waals surface area contributed by atoms with E-state index < -0.39 is 30.5 Å². The summed E-state index contributed by atoms with van der Waals surface area (Å²) < 4.78 is 55.6. The smallest absolute Gasteiger partial charge is 0.301 e. The second kappa shape index (κ2) is 8.90. The van der Waals surface area contributed by atoms with E-state index in [4.69, 9.17) is 0 Å². The second-order valence-corrected chi connectivity index (χ2v) is 8.09. The third kappa shape index (κ3) is 4.61. The van der Waals surface area contributed by atoms with E-state index in [0.717, 1.165) is 11.3 Å². The lowest BCUT2D eigenvalue weighted by atomic mass is 10.1. The topological polar surface area (TPSA) is 76.8 Å². The maximum atomic E-state index is 14.4. The van der Waals surface area contributed by atoms with Crippen molar-refractivity contribution in [2.45, 2.75) is 25.1 Å². The van der Waals surface area contributed by atoms with Crippen molar-refractivity contribution >= 4 is 11.6 Å². The third-order valence-corrected chi connectivity index (χ3v) is 5.83. The number of benzene rings is 2. The molecule has 0 fully saturated rings. The fourth-order valence-corrected chi connectivity index (χ4v) is 4.17. The Labute approximate surface area is 197 Å². The Morgan fingerprint density at radius 1 is 1.00 bits per heavy atom. The van der Waals surface area contributed by atoms with Crippen LogP contribution in [-0.4, -0.2) is 43.6 Å². The molecule has 5 rings (SSSR count). The van der Waals surface area contributed by atoms with Gasteiger partial charge in [-0.1, -0.05) is 35.5 Å². The van der Waals surface area contributed by atoms with E-state index >= 15 is 0 Å². The van der Waals surface area contributed by atoms with E-state index in [1.165, 1.54) is 35.4 Å². The summed E-state index contributed by atoms with van der Waals surface area (Å²) in [5, 5.41) is 8.14. The van der Waals surface area contributed by atoms with Gasteiger partial charge >= 0.3 is 6.18 Å². The SMILES string of the molecule is O=C1C(n2cc(-c3ccc(-c4ccncn4)cc3)nn2)CCc2c(F)cccc2N1CC(F)(F)F. The molecule has 0 spiro atoms. The molecule has 1 atom stereocenters. The molecule has 4 aromatic rings. The molecule has 0 N–H and O–H groups in total. The highest BCUT2D eigenvalue weighted by molar-refractivity contribution is 5.97. The molecule has 11 heteroatoms. The van der Waals surface area contributed by atoms with Gasteiger partial charge in [0.25, 0.3) is 5.91 Å². The van der Waals surface area contributed by atoms with Crippen LogP contribution in [-0.2, 0) is 11.2 Å². The molecule has 1 unspecified atom stereocenters. The van der Waals surface area contributed by atoms with Crippen LogP contribution in [0.15, 0.2) is 67.3 Å². The maximum Gasteiger partial charge on any atom is 0.406 e. The molecule has 0 radical (unpaired) electrons. The summed E-state index contributed by atoms with van der Waals surface area (Å²) >= 11 is 0. The van der Waals surface area contributed by atoms with Crippen LogP contribution in [0.5, 0.6) is 0 Å². The van der Waals surface area contributed by atoms with Gasteiger partial charge in [-0.25, -0.2) is 19.0 Å². The third-order valence-electron chi connectivity index (χ3n) is 5.83. The predicted molar refractivity (Wildman–Crippen MR) is 119 cm³/mol. The first kappa shape index (κ1) is 22.6. The van der Waals surface area contributed by atoms with Gasteiger partial charge < -0.3 is 4.90 Å². The number of anilines is 1. The number of hydrogen-bond donors (Lipinski definition) is 0. The van der Waals surface area contributed by atoms with Crippen LogP contribution in [0.3, 0.4) is 0 Å². The van der Waals surface area contributed by atoms with Gasteiger partial charge in [0.2, 0.25) is 0 Å². The van der Waals surface area contributed by atoms with Gasteiger partial charge in [-0.15, -0.1) is 5.10 Å². The van der Waals surface area contributed by atoms with Gasteiger partial charge in [-0.2, -0.15) is 13.2 Å². The van der Waals surface area contributed by atoms with E-state index in [1.54, 1.807) is 12.3 Å². The zero-order valence-corrected chi connectivity index (χ0v) is 18.2. The second-order valence-electron chi connectivity index (χ2n) is 8.09. The number of carbonyl (C=O) groups is 1. The van der Waals surface area contributed by atoms with Crippen molar-refractivity contribution in [3.05, 3.63) is 78.6 Å². The van der Waals surface area contributed by atoms with Gasteiger partial charge in [-0.05, 0) is 31.0 Å².